The van der Waals surface area contributed by atoms with E-state index in [1.807, 2.05) is 19.2 Å². The van der Waals surface area contributed by atoms with Crippen LogP contribution in [-0.2, 0) is 11.2 Å². The predicted octanol–water partition coefficient (Wildman–Crippen LogP) is 1.71. The van der Waals surface area contributed by atoms with Crippen LogP contribution >= 0.6 is 11.8 Å². The maximum atomic E-state index is 5.79. The molecule has 1 aromatic heterocycles. The molecule has 1 atom stereocenters. The van der Waals surface area contributed by atoms with Gasteiger partial charge in [-0.15, -0.1) is 11.8 Å². The Kier molecular flexibility index (Phi) is 5.68. The first-order chi connectivity index (χ1) is 7.24. The Bertz CT molecular complexity index is 292. The van der Waals surface area contributed by atoms with Gasteiger partial charge in [0.05, 0.1) is 11.6 Å². The van der Waals surface area contributed by atoms with E-state index in [0.29, 0.717) is 0 Å². The molecule has 0 aromatic carbocycles. The summed E-state index contributed by atoms with van der Waals surface area (Å²) in [5, 5.41) is 1.08. The van der Waals surface area contributed by atoms with Crippen LogP contribution in [0.4, 0.5) is 0 Å². The normalized spacial score (nSPS) is 12.7. The Morgan fingerprint density at radius 1 is 1.60 bits per heavy atom. The van der Waals surface area contributed by atoms with Crippen LogP contribution in [0.5, 0.6) is 0 Å². The highest BCUT2D eigenvalue weighted by Crippen LogP contribution is 2.20. The van der Waals surface area contributed by atoms with Crippen molar-refractivity contribution in [1.29, 1.82) is 0 Å². The van der Waals surface area contributed by atoms with E-state index in [1.165, 1.54) is 5.56 Å². The number of hydrogen-bond donors (Lipinski definition) is 1. The molecule has 0 saturated carbocycles. The van der Waals surface area contributed by atoms with Gasteiger partial charge in [-0.2, -0.15) is 0 Å². The molecule has 4 heteroatoms. The van der Waals surface area contributed by atoms with Gasteiger partial charge in [0, 0.05) is 25.1 Å². The van der Waals surface area contributed by atoms with Gasteiger partial charge in [0.15, 0.2) is 0 Å². The van der Waals surface area contributed by atoms with Crippen LogP contribution in [0.2, 0.25) is 0 Å². The highest BCUT2D eigenvalue weighted by atomic mass is 32.2. The minimum Gasteiger partial charge on any atom is -0.384 e. The van der Waals surface area contributed by atoms with Crippen LogP contribution in [0.15, 0.2) is 23.4 Å². The fourth-order valence-corrected chi connectivity index (χ4v) is 2.19. The summed E-state index contributed by atoms with van der Waals surface area (Å²) < 4.78 is 5.01. The highest BCUT2D eigenvalue weighted by Gasteiger charge is 2.05. The smallest absolute Gasteiger partial charge is 0.0993 e. The number of aromatic nitrogens is 1. The third kappa shape index (κ3) is 4.64. The number of hydrogen-bond acceptors (Lipinski definition) is 4. The summed E-state index contributed by atoms with van der Waals surface area (Å²) in [4.78, 5) is 4.36. The van der Waals surface area contributed by atoms with E-state index >= 15 is 0 Å². The molecule has 1 aromatic rings. The van der Waals surface area contributed by atoms with Gasteiger partial charge in [-0.1, -0.05) is 6.07 Å². The zero-order chi connectivity index (χ0) is 11.1. The standard InChI is InChI=1S/C11H18N2OS/c1-9(12)8-10-4-3-5-13-11(10)15-7-6-14-2/h3-5,9H,6-8,12H2,1-2H3. The van der Waals surface area contributed by atoms with Gasteiger partial charge in [-0.3, -0.25) is 0 Å². The van der Waals surface area contributed by atoms with Crippen molar-refractivity contribution in [2.24, 2.45) is 5.73 Å². The fraction of sp³-hybridized carbons (Fsp3) is 0.545. The second kappa shape index (κ2) is 6.82. The zero-order valence-electron chi connectivity index (χ0n) is 9.27. The Labute approximate surface area is 95.4 Å². The molecule has 15 heavy (non-hydrogen) atoms. The topological polar surface area (TPSA) is 48.1 Å². The molecule has 0 spiro atoms. The number of thioether (sulfide) groups is 1. The first-order valence-corrected chi connectivity index (χ1v) is 6.03. The predicted molar refractivity (Wildman–Crippen MR) is 64.2 cm³/mol. The first kappa shape index (κ1) is 12.5. The molecule has 0 aliphatic rings. The van der Waals surface area contributed by atoms with Gasteiger partial charge in [-0.25, -0.2) is 4.98 Å². The molecule has 1 rings (SSSR count). The van der Waals surface area contributed by atoms with E-state index in [9.17, 15) is 0 Å². The largest absolute Gasteiger partial charge is 0.384 e. The Hall–Kier alpha value is -0.580. The fourth-order valence-electron chi connectivity index (χ4n) is 1.28. The van der Waals surface area contributed by atoms with Gasteiger partial charge in [0.1, 0.15) is 0 Å². The van der Waals surface area contributed by atoms with Crippen molar-refractivity contribution in [2.45, 2.75) is 24.4 Å². The maximum absolute atomic E-state index is 5.79. The van der Waals surface area contributed by atoms with Crippen LogP contribution in [0, 0.1) is 0 Å². The SMILES string of the molecule is COCCSc1ncccc1CC(C)N. The molecule has 2 N–H and O–H groups in total. The average Bonchev–Trinajstić information content (AvgIpc) is 2.20. The van der Waals surface area contributed by atoms with Crippen LogP contribution < -0.4 is 5.73 Å². The molecule has 0 saturated heterocycles. The van der Waals surface area contributed by atoms with E-state index < -0.39 is 0 Å². The van der Waals surface area contributed by atoms with Crippen molar-refractivity contribution in [1.82, 2.24) is 4.98 Å². The third-order valence-corrected chi connectivity index (χ3v) is 2.93. The number of methoxy groups -OCH3 is 1. The van der Waals surface area contributed by atoms with E-state index in [4.69, 9.17) is 10.5 Å². The monoisotopic (exact) mass is 226 g/mol. The van der Waals surface area contributed by atoms with E-state index in [2.05, 4.69) is 11.1 Å². The molecule has 0 radical (unpaired) electrons. The lowest BCUT2D eigenvalue weighted by Gasteiger charge is -2.09. The number of nitrogens with two attached hydrogens (primary N) is 1. The molecule has 1 heterocycles. The maximum Gasteiger partial charge on any atom is 0.0993 e. The van der Waals surface area contributed by atoms with Gasteiger partial charge in [0.25, 0.3) is 0 Å². The van der Waals surface area contributed by atoms with Crippen molar-refractivity contribution < 1.29 is 4.74 Å². The lowest BCUT2D eigenvalue weighted by molar-refractivity contribution is 0.218. The van der Waals surface area contributed by atoms with E-state index in [1.54, 1.807) is 18.9 Å². The van der Waals surface area contributed by atoms with Crippen molar-refractivity contribution in [3.63, 3.8) is 0 Å². The highest BCUT2D eigenvalue weighted by molar-refractivity contribution is 7.99. The molecule has 0 amide bonds. The Morgan fingerprint density at radius 3 is 3.07 bits per heavy atom. The number of rotatable bonds is 6. The van der Waals surface area contributed by atoms with Crippen molar-refractivity contribution in [3.05, 3.63) is 23.9 Å². The second-order valence-electron chi connectivity index (χ2n) is 3.49. The second-order valence-corrected chi connectivity index (χ2v) is 4.57. The summed E-state index contributed by atoms with van der Waals surface area (Å²) in [6.07, 6.45) is 2.70. The molecular weight excluding hydrogens is 208 g/mol. The van der Waals surface area contributed by atoms with Gasteiger partial charge in [0.2, 0.25) is 0 Å². The summed E-state index contributed by atoms with van der Waals surface area (Å²) >= 11 is 1.72. The number of ether oxygens (including phenoxy) is 1. The van der Waals surface area contributed by atoms with E-state index in [0.717, 1.165) is 23.8 Å². The molecule has 84 valence electrons. The molecule has 1 unspecified atom stereocenters. The van der Waals surface area contributed by atoms with Crippen LogP contribution in [0.3, 0.4) is 0 Å². The van der Waals surface area contributed by atoms with E-state index in [-0.39, 0.29) is 6.04 Å². The number of pyridine rings is 1. The third-order valence-electron chi connectivity index (χ3n) is 1.92. The quantitative estimate of drug-likeness (QED) is 0.592. The van der Waals surface area contributed by atoms with Gasteiger partial charge in [-0.05, 0) is 25.0 Å². The lowest BCUT2D eigenvalue weighted by atomic mass is 10.1. The molecule has 0 fully saturated rings. The van der Waals surface area contributed by atoms with Crippen LogP contribution in [-0.4, -0.2) is 30.5 Å². The van der Waals surface area contributed by atoms with Gasteiger partial charge < -0.3 is 10.5 Å². The van der Waals surface area contributed by atoms with Crippen molar-refractivity contribution in [2.75, 3.05) is 19.5 Å². The first-order valence-electron chi connectivity index (χ1n) is 5.05. The average molecular weight is 226 g/mol. The van der Waals surface area contributed by atoms with Crippen molar-refractivity contribution >= 4 is 11.8 Å². The van der Waals surface area contributed by atoms with Crippen LogP contribution in [0.25, 0.3) is 0 Å². The molecular formula is C11H18N2OS. The van der Waals surface area contributed by atoms with Crippen molar-refractivity contribution in [3.8, 4) is 0 Å². The Balaban J connectivity index is 2.60. The summed E-state index contributed by atoms with van der Waals surface area (Å²) in [5.74, 6) is 0.930. The summed E-state index contributed by atoms with van der Waals surface area (Å²) in [5.41, 5.74) is 7.02. The minimum atomic E-state index is 0.177. The molecule has 0 aliphatic heterocycles. The molecule has 0 bridgehead atoms. The van der Waals surface area contributed by atoms with Crippen LogP contribution in [0.1, 0.15) is 12.5 Å². The summed E-state index contributed by atoms with van der Waals surface area (Å²) in [6, 6.07) is 4.22. The molecule has 3 nitrogen and oxygen atoms in total. The minimum absolute atomic E-state index is 0.177. The van der Waals surface area contributed by atoms with Gasteiger partial charge >= 0.3 is 0 Å². The number of nitrogens with zero attached hydrogens (tertiary/aromatic N) is 1. The Morgan fingerprint density at radius 2 is 2.40 bits per heavy atom. The zero-order valence-corrected chi connectivity index (χ0v) is 10.1. The summed E-state index contributed by atoms with van der Waals surface area (Å²) in [7, 11) is 1.71. The molecule has 0 aliphatic carbocycles. The summed E-state index contributed by atoms with van der Waals surface area (Å²) in [6.45, 7) is 2.76. The lowest BCUT2D eigenvalue weighted by Crippen LogP contribution is -2.18.